The van der Waals surface area contributed by atoms with Crippen molar-refractivity contribution < 1.29 is 4.74 Å². The smallest absolute Gasteiger partial charge is 0.183 e. The second kappa shape index (κ2) is 12.1. The molecule has 1 aliphatic heterocycles. The fourth-order valence-electron chi connectivity index (χ4n) is 3.10. The first-order valence-electron chi connectivity index (χ1n) is 9.49. The Bertz CT molecular complexity index is 275. The summed E-state index contributed by atoms with van der Waals surface area (Å²) in [5, 5.41) is 0. The van der Waals surface area contributed by atoms with Crippen molar-refractivity contribution in [2.24, 2.45) is 4.99 Å². The first-order valence-corrected chi connectivity index (χ1v) is 9.49. The van der Waals surface area contributed by atoms with E-state index in [2.05, 4.69) is 20.8 Å². The zero-order valence-electron chi connectivity index (χ0n) is 14.7. The molecule has 0 aromatic carbocycles. The summed E-state index contributed by atoms with van der Waals surface area (Å²) in [7, 11) is 0. The van der Waals surface area contributed by atoms with Gasteiger partial charge in [0.25, 0.3) is 0 Å². The quantitative estimate of drug-likeness (QED) is 0.388. The summed E-state index contributed by atoms with van der Waals surface area (Å²) < 4.78 is 5.85. The Morgan fingerprint density at radius 2 is 1.48 bits per heavy atom. The molecular formula is C19H37NO. The molecule has 0 N–H and O–H groups in total. The number of nitrogens with zero attached hydrogens (tertiary/aromatic N) is 1. The van der Waals surface area contributed by atoms with Gasteiger partial charge in [0, 0.05) is 12.8 Å². The number of aliphatic imine (C=N–C) groups is 1. The van der Waals surface area contributed by atoms with E-state index in [1.165, 1.54) is 64.2 Å². The lowest BCUT2D eigenvalue weighted by Crippen LogP contribution is -2.27. The molecule has 124 valence electrons. The van der Waals surface area contributed by atoms with Crippen molar-refractivity contribution >= 4 is 5.90 Å². The molecule has 2 atom stereocenters. The van der Waals surface area contributed by atoms with Crippen LogP contribution in [0.25, 0.3) is 0 Å². The zero-order valence-corrected chi connectivity index (χ0v) is 14.7. The van der Waals surface area contributed by atoms with Crippen LogP contribution in [0.1, 0.15) is 104 Å². The van der Waals surface area contributed by atoms with E-state index in [0.717, 1.165) is 25.2 Å². The fourth-order valence-corrected chi connectivity index (χ4v) is 3.10. The van der Waals surface area contributed by atoms with E-state index in [4.69, 9.17) is 9.73 Å². The molecule has 0 fully saturated rings. The van der Waals surface area contributed by atoms with Gasteiger partial charge in [0.05, 0.1) is 12.1 Å². The van der Waals surface area contributed by atoms with E-state index in [-0.39, 0.29) is 0 Å². The van der Waals surface area contributed by atoms with Crippen molar-refractivity contribution in [2.75, 3.05) is 0 Å². The Morgan fingerprint density at radius 1 is 0.905 bits per heavy atom. The third-order valence-corrected chi connectivity index (χ3v) is 4.48. The molecule has 0 saturated carbocycles. The van der Waals surface area contributed by atoms with Gasteiger partial charge >= 0.3 is 0 Å². The van der Waals surface area contributed by atoms with Gasteiger partial charge < -0.3 is 4.74 Å². The molecule has 2 nitrogen and oxygen atoms in total. The lowest BCUT2D eigenvalue weighted by atomic mass is 10.0. The second-order valence-corrected chi connectivity index (χ2v) is 6.68. The number of hydrogen-bond acceptors (Lipinski definition) is 2. The van der Waals surface area contributed by atoms with Crippen molar-refractivity contribution in [1.82, 2.24) is 0 Å². The average Bonchev–Trinajstić information content (AvgIpc) is 2.48. The molecule has 0 spiro atoms. The van der Waals surface area contributed by atoms with Crippen LogP contribution in [0.3, 0.4) is 0 Å². The molecule has 1 aliphatic rings. The van der Waals surface area contributed by atoms with Gasteiger partial charge in [0.15, 0.2) is 5.90 Å². The molecule has 0 aliphatic carbocycles. The Labute approximate surface area is 132 Å². The zero-order chi connectivity index (χ0) is 15.3. The highest BCUT2D eigenvalue weighted by molar-refractivity contribution is 5.76. The summed E-state index contributed by atoms with van der Waals surface area (Å²) in [6, 6.07) is 0.506. The van der Waals surface area contributed by atoms with Crippen molar-refractivity contribution in [3.05, 3.63) is 0 Å². The molecule has 0 radical (unpaired) electrons. The number of hydrogen-bond donors (Lipinski definition) is 0. The third kappa shape index (κ3) is 9.16. The van der Waals surface area contributed by atoms with Gasteiger partial charge in [-0.3, -0.25) is 4.99 Å². The van der Waals surface area contributed by atoms with Gasteiger partial charge in [0.2, 0.25) is 0 Å². The van der Waals surface area contributed by atoms with Gasteiger partial charge in [-0.25, -0.2) is 0 Å². The maximum atomic E-state index is 5.85. The Balaban J connectivity index is 1.95. The monoisotopic (exact) mass is 295 g/mol. The standard InChI is InChI=1S/C19H37NO/c1-4-6-7-8-9-10-11-12-13-14-15-19-20-18(5-2)16-17(3)21-19/h17-18H,4-16H2,1-3H3. The van der Waals surface area contributed by atoms with E-state index >= 15 is 0 Å². The van der Waals surface area contributed by atoms with Crippen molar-refractivity contribution in [3.8, 4) is 0 Å². The van der Waals surface area contributed by atoms with Crippen molar-refractivity contribution in [3.63, 3.8) is 0 Å². The fraction of sp³-hybridized carbons (Fsp3) is 0.947. The highest BCUT2D eigenvalue weighted by Gasteiger charge is 2.19. The summed E-state index contributed by atoms with van der Waals surface area (Å²) in [4.78, 5) is 4.72. The normalized spacial score (nSPS) is 22.0. The Hall–Kier alpha value is -0.530. The highest BCUT2D eigenvalue weighted by atomic mass is 16.5. The molecule has 21 heavy (non-hydrogen) atoms. The van der Waals surface area contributed by atoms with Gasteiger partial charge in [-0.2, -0.15) is 0 Å². The molecule has 0 aromatic heterocycles. The predicted molar refractivity (Wildman–Crippen MR) is 93.1 cm³/mol. The largest absolute Gasteiger partial charge is 0.478 e. The van der Waals surface area contributed by atoms with E-state index < -0.39 is 0 Å². The number of unbranched alkanes of at least 4 members (excludes halogenated alkanes) is 9. The van der Waals surface area contributed by atoms with E-state index in [1.807, 2.05) is 0 Å². The summed E-state index contributed by atoms with van der Waals surface area (Å²) >= 11 is 0. The minimum absolute atomic E-state index is 0.366. The third-order valence-electron chi connectivity index (χ3n) is 4.48. The van der Waals surface area contributed by atoms with Crippen LogP contribution >= 0.6 is 0 Å². The summed E-state index contributed by atoms with van der Waals surface area (Å²) in [5.74, 6) is 1.03. The molecule has 0 aromatic rings. The van der Waals surface area contributed by atoms with Crippen molar-refractivity contribution in [2.45, 2.75) is 116 Å². The van der Waals surface area contributed by atoms with E-state index in [1.54, 1.807) is 0 Å². The minimum Gasteiger partial charge on any atom is -0.478 e. The van der Waals surface area contributed by atoms with Crippen LogP contribution < -0.4 is 0 Å². The van der Waals surface area contributed by atoms with Crippen LogP contribution in [0.2, 0.25) is 0 Å². The molecule has 1 heterocycles. The number of ether oxygens (including phenoxy) is 1. The SMILES string of the molecule is CCCCCCCCCCCCC1=NC(CC)CC(C)O1. The van der Waals surface area contributed by atoms with Crippen molar-refractivity contribution in [1.29, 1.82) is 0 Å². The summed E-state index contributed by atoms with van der Waals surface area (Å²) in [5.41, 5.74) is 0. The molecule has 0 saturated heterocycles. The molecular weight excluding hydrogens is 258 g/mol. The van der Waals surface area contributed by atoms with Crippen LogP contribution in [0.15, 0.2) is 4.99 Å². The molecule has 2 unspecified atom stereocenters. The maximum absolute atomic E-state index is 5.85. The van der Waals surface area contributed by atoms with E-state index in [9.17, 15) is 0 Å². The first kappa shape index (κ1) is 18.5. The molecule has 0 bridgehead atoms. The van der Waals surface area contributed by atoms with Gasteiger partial charge in [-0.15, -0.1) is 0 Å². The lowest BCUT2D eigenvalue weighted by Gasteiger charge is -2.25. The second-order valence-electron chi connectivity index (χ2n) is 6.68. The summed E-state index contributed by atoms with van der Waals surface area (Å²) in [6.07, 6.45) is 17.5. The van der Waals surface area contributed by atoms with Gasteiger partial charge in [0.1, 0.15) is 0 Å². The number of rotatable bonds is 12. The van der Waals surface area contributed by atoms with Crippen LogP contribution in [0.5, 0.6) is 0 Å². The van der Waals surface area contributed by atoms with Crippen LogP contribution in [0.4, 0.5) is 0 Å². The topological polar surface area (TPSA) is 21.6 Å². The van der Waals surface area contributed by atoms with E-state index in [0.29, 0.717) is 12.1 Å². The minimum atomic E-state index is 0.366. The highest BCUT2D eigenvalue weighted by Crippen LogP contribution is 2.19. The van der Waals surface area contributed by atoms with Crippen LogP contribution in [0, 0.1) is 0 Å². The molecule has 2 heteroatoms. The average molecular weight is 296 g/mol. The van der Waals surface area contributed by atoms with Crippen LogP contribution in [-0.2, 0) is 4.74 Å². The molecule has 0 amide bonds. The van der Waals surface area contributed by atoms with Gasteiger partial charge in [-0.1, -0.05) is 71.6 Å². The summed E-state index contributed by atoms with van der Waals surface area (Å²) in [6.45, 7) is 6.68. The maximum Gasteiger partial charge on any atom is 0.183 e. The molecule has 1 rings (SSSR count). The first-order chi connectivity index (χ1) is 10.3. The van der Waals surface area contributed by atoms with Crippen LogP contribution in [-0.4, -0.2) is 18.0 Å². The Morgan fingerprint density at radius 3 is 2.05 bits per heavy atom. The Kier molecular flexibility index (Phi) is 10.6. The van der Waals surface area contributed by atoms with Gasteiger partial charge in [-0.05, 0) is 19.8 Å². The lowest BCUT2D eigenvalue weighted by molar-refractivity contribution is 0.159. The predicted octanol–water partition coefficient (Wildman–Crippen LogP) is 6.28.